The Morgan fingerprint density at radius 2 is 2.00 bits per heavy atom. The molecule has 0 rings (SSSR count). The summed E-state index contributed by atoms with van der Waals surface area (Å²) in [6.07, 6.45) is 0.788. The lowest BCUT2D eigenvalue weighted by Crippen LogP contribution is -2.29. The molecule has 0 fully saturated rings. The van der Waals surface area contributed by atoms with Crippen LogP contribution in [0.15, 0.2) is 0 Å². The first-order valence-electron chi connectivity index (χ1n) is 4.36. The van der Waals surface area contributed by atoms with Crippen molar-refractivity contribution in [1.29, 1.82) is 0 Å². The molecule has 0 amide bonds. The van der Waals surface area contributed by atoms with Crippen LogP contribution in [0.4, 0.5) is 0 Å². The maximum Gasteiger partial charge on any atom is 0.352 e. The summed E-state index contributed by atoms with van der Waals surface area (Å²) in [5.41, 5.74) is -0.317. The summed E-state index contributed by atoms with van der Waals surface area (Å²) >= 11 is 4.87. The minimum absolute atomic E-state index is 0.212. The van der Waals surface area contributed by atoms with E-state index in [1.165, 1.54) is 0 Å². The van der Waals surface area contributed by atoms with Crippen LogP contribution in [0.2, 0.25) is 0 Å². The third kappa shape index (κ3) is 6.78. The fourth-order valence-corrected chi connectivity index (χ4v) is 1.12. The predicted molar refractivity (Wildman–Crippen MR) is 55.9 cm³/mol. The van der Waals surface area contributed by atoms with E-state index >= 15 is 0 Å². The first-order chi connectivity index (χ1) is 6.02. The van der Waals surface area contributed by atoms with Crippen LogP contribution >= 0.6 is 12.2 Å². The summed E-state index contributed by atoms with van der Waals surface area (Å²) in [6, 6.07) is 0. The number of hydrogen-bond acceptors (Lipinski definition) is 4. The molecular weight excluding hydrogens is 188 g/mol. The second-order valence-electron chi connectivity index (χ2n) is 3.29. The van der Waals surface area contributed by atoms with Gasteiger partial charge in [0.25, 0.3) is 0 Å². The molecular formula is C9H18O3S. The molecule has 0 saturated carbocycles. The number of hydrogen-bond donors (Lipinski definition) is 0. The maximum atomic E-state index is 5.41. The summed E-state index contributed by atoms with van der Waals surface area (Å²) in [5.74, 6) is 0. The van der Waals surface area contributed by atoms with Gasteiger partial charge in [-0.15, -0.1) is 0 Å². The van der Waals surface area contributed by atoms with Gasteiger partial charge in [-0.2, -0.15) is 0 Å². The van der Waals surface area contributed by atoms with E-state index in [0.717, 1.165) is 6.42 Å². The van der Waals surface area contributed by atoms with Crippen molar-refractivity contribution in [3.63, 3.8) is 0 Å². The summed E-state index contributed by atoms with van der Waals surface area (Å²) in [4.78, 5) is 0. The molecule has 13 heavy (non-hydrogen) atoms. The van der Waals surface area contributed by atoms with Gasteiger partial charge >= 0.3 is 5.24 Å². The molecule has 78 valence electrons. The quantitative estimate of drug-likeness (QED) is 0.644. The van der Waals surface area contributed by atoms with Crippen molar-refractivity contribution >= 4 is 17.5 Å². The van der Waals surface area contributed by atoms with Gasteiger partial charge in [0.15, 0.2) is 0 Å². The van der Waals surface area contributed by atoms with Crippen LogP contribution in [-0.4, -0.2) is 31.2 Å². The van der Waals surface area contributed by atoms with E-state index in [1.54, 1.807) is 7.11 Å². The Morgan fingerprint density at radius 1 is 1.38 bits per heavy atom. The number of thiocarbonyl (C=S) groups is 1. The number of methoxy groups -OCH3 is 1. The van der Waals surface area contributed by atoms with Crippen LogP contribution < -0.4 is 0 Å². The summed E-state index contributed by atoms with van der Waals surface area (Å²) in [6.45, 7) is 6.98. The third-order valence-corrected chi connectivity index (χ3v) is 1.73. The van der Waals surface area contributed by atoms with E-state index < -0.39 is 0 Å². The van der Waals surface area contributed by atoms with Gasteiger partial charge < -0.3 is 14.2 Å². The van der Waals surface area contributed by atoms with Gasteiger partial charge in [-0.1, -0.05) is 0 Å². The van der Waals surface area contributed by atoms with Crippen molar-refractivity contribution in [1.82, 2.24) is 0 Å². The standard InChI is InChI=1S/C9H18O3S/c1-5-11-8(13)12-9(2,3)6-7-10-4/h5-7H2,1-4H3. The van der Waals surface area contributed by atoms with Crippen molar-refractivity contribution in [3.8, 4) is 0 Å². The van der Waals surface area contributed by atoms with Crippen LogP contribution in [0.25, 0.3) is 0 Å². The highest BCUT2D eigenvalue weighted by Crippen LogP contribution is 2.15. The molecule has 0 atom stereocenters. The van der Waals surface area contributed by atoms with Crippen molar-refractivity contribution < 1.29 is 14.2 Å². The molecule has 0 radical (unpaired) electrons. The molecule has 0 aliphatic heterocycles. The van der Waals surface area contributed by atoms with E-state index in [9.17, 15) is 0 Å². The summed E-state index contributed by atoms with van der Waals surface area (Å²) in [7, 11) is 1.66. The molecule has 0 heterocycles. The highest BCUT2D eigenvalue weighted by molar-refractivity contribution is 7.79. The normalized spacial score (nSPS) is 11.1. The highest BCUT2D eigenvalue weighted by atomic mass is 32.1. The highest BCUT2D eigenvalue weighted by Gasteiger charge is 2.21. The lowest BCUT2D eigenvalue weighted by Gasteiger charge is -2.25. The first-order valence-corrected chi connectivity index (χ1v) is 4.77. The SMILES string of the molecule is CCOC(=S)OC(C)(C)CCOC. The zero-order chi connectivity index (χ0) is 10.3. The molecule has 0 aliphatic rings. The Balaban J connectivity index is 3.79. The molecule has 4 heteroatoms. The molecule has 3 nitrogen and oxygen atoms in total. The zero-order valence-electron chi connectivity index (χ0n) is 8.75. The van der Waals surface area contributed by atoms with Gasteiger partial charge in [0, 0.05) is 32.4 Å². The van der Waals surface area contributed by atoms with E-state index in [-0.39, 0.29) is 10.8 Å². The maximum absolute atomic E-state index is 5.41. The monoisotopic (exact) mass is 206 g/mol. The lowest BCUT2D eigenvalue weighted by atomic mass is 10.1. The van der Waals surface area contributed by atoms with Gasteiger partial charge in [0.1, 0.15) is 5.60 Å². The Bertz CT molecular complexity index is 157. The number of rotatable bonds is 5. The van der Waals surface area contributed by atoms with Crippen LogP contribution in [-0.2, 0) is 14.2 Å². The molecule has 0 spiro atoms. The minimum atomic E-state index is -0.317. The van der Waals surface area contributed by atoms with E-state index in [4.69, 9.17) is 26.4 Å². The topological polar surface area (TPSA) is 27.7 Å². The van der Waals surface area contributed by atoms with E-state index in [0.29, 0.717) is 13.2 Å². The summed E-state index contributed by atoms with van der Waals surface area (Å²) in [5, 5.41) is 0.212. The van der Waals surface area contributed by atoms with E-state index in [1.807, 2.05) is 20.8 Å². The van der Waals surface area contributed by atoms with Gasteiger partial charge in [-0.3, -0.25) is 0 Å². The van der Waals surface area contributed by atoms with Crippen molar-refractivity contribution in [2.45, 2.75) is 32.8 Å². The molecule has 0 aromatic carbocycles. The van der Waals surface area contributed by atoms with Gasteiger partial charge in [0.05, 0.1) is 6.61 Å². The zero-order valence-corrected chi connectivity index (χ0v) is 9.57. The fraction of sp³-hybridized carbons (Fsp3) is 0.889. The molecule has 0 aliphatic carbocycles. The minimum Gasteiger partial charge on any atom is -0.457 e. The molecule has 0 aromatic rings. The van der Waals surface area contributed by atoms with Crippen molar-refractivity contribution in [2.24, 2.45) is 0 Å². The Morgan fingerprint density at radius 3 is 2.46 bits per heavy atom. The van der Waals surface area contributed by atoms with Crippen molar-refractivity contribution in [3.05, 3.63) is 0 Å². The molecule has 0 unspecified atom stereocenters. The average Bonchev–Trinajstić information content (AvgIpc) is 2.00. The largest absolute Gasteiger partial charge is 0.457 e. The van der Waals surface area contributed by atoms with Crippen LogP contribution in [0.5, 0.6) is 0 Å². The molecule has 0 bridgehead atoms. The van der Waals surface area contributed by atoms with Crippen LogP contribution in [0, 0.1) is 0 Å². The number of ether oxygens (including phenoxy) is 3. The predicted octanol–water partition coefficient (Wildman–Crippen LogP) is 2.14. The Hall–Kier alpha value is -0.350. The van der Waals surface area contributed by atoms with Crippen LogP contribution in [0.1, 0.15) is 27.2 Å². The van der Waals surface area contributed by atoms with Gasteiger partial charge in [0.2, 0.25) is 0 Å². The van der Waals surface area contributed by atoms with Crippen molar-refractivity contribution in [2.75, 3.05) is 20.3 Å². The Kier molecular flexibility index (Phi) is 5.99. The average molecular weight is 206 g/mol. The van der Waals surface area contributed by atoms with Gasteiger partial charge in [-0.05, 0) is 20.8 Å². The second kappa shape index (κ2) is 6.16. The molecule has 0 N–H and O–H groups in total. The molecule has 0 saturated heterocycles. The third-order valence-electron chi connectivity index (χ3n) is 1.53. The Labute approximate surface area is 85.4 Å². The lowest BCUT2D eigenvalue weighted by molar-refractivity contribution is 0.0253. The smallest absolute Gasteiger partial charge is 0.352 e. The summed E-state index contributed by atoms with van der Waals surface area (Å²) < 4.78 is 15.4. The van der Waals surface area contributed by atoms with Crippen LogP contribution in [0.3, 0.4) is 0 Å². The van der Waals surface area contributed by atoms with Gasteiger partial charge in [-0.25, -0.2) is 0 Å². The second-order valence-corrected chi connectivity index (χ2v) is 3.62. The first kappa shape index (κ1) is 12.7. The molecule has 0 aromatic heterocycles. The van der Waals surface area contributed by atoms with E-state index in [2.05, 4.69) is 0 Å². The fourth-order valence-electron chi connectivity index (χ4n) is 0.772.